The van der Waals surface area contributed by atoms with Crippen molar-refractivity contribution in [1.82, 2.24) is 9.97 Å². The fraction of sp³-hybridized carbons (Fsp3) is 0.636. The molecule has 2 N–H and O–H groups in total. The number of hydrogen-bond acceptors (Lipinski definition) is 5. The SMILES string of the molecule is NCCc1cnc(SC2CCOCC2)nc1. The zero-order valence-electron chi connectivity index (χ0n) is 9.26. The monoisotopic (exact) mass is 239 g/mol. The Morgan fingerprint density at radius 2 is 2.00 bits per heavy atom. The van der Waals surface area contributed by atoms with Gasteiger partial charge in [-0.1, -0.05) is 11.8 Å². The van der Waals surface area contributed by atoms with Gasteiger partial charge in [-0.2, -0.15) is 0 Å². The number of nitrogens with zero attached hydrogens (tertiary/aromatic N) is 2. The first-order valence-corrected chi connectivity index (χ1v) is 6.52. The molecule has 1 aliphatic heterocycles. The van der Waals surface area contributed by atoms with E-state index in [2.05, 4.69) is 9.97 Å². The summed E-state index contributed by atoms with van der Waals surface area (Å²) in [6.45, 7) is 2.38. The Morgan fingerprint density at radius 3 is 2.62 bits per heavy atom. The van der Waals surface area contributed by atoms with Crippen LogP contribution in [0, 0.1) is 0 Å². The lowest BCUT2D eigenvalue weighted by molar-refractivity contribution is 0.1000. The fourth-order valence-corrected chi connectivity index (χ4v) is 2.60. The number of nitrogens with two attached hydrogens (primary N) is 1. The first-order valence-electron chi connectivity index (χ1n) is 5.64. The molecular formula is C11H17N3OS. The van der Waals surface area contributed by atoms with E-state index in [-0.39, 0.29) is 0 Å². The molecule has 0 aliphatic carbocycles. The minimum absolute atomic E-state index is 0.606. The minimum atomic E-state index is 0.606. The normalized spacial score (nSPS) is 17.6. The van der Waals surface area contributed by atoms with Crippen LogP contribution in [-0.2, 0) is 11.2 Å². The molecule has 0 radical (unpaired) electrons. The molecule has 1 saturated heterocycles. The number of thioether (sulfide) groups is 1. The second-order valence-corrected chi connectivity index (χ2v) is 5.11. The smallest absolute Gasteiger partial charge is 0.187 e. The van der Waals surface area contributed by atoms with E-state index in [0.717, 1.165) is 43.2 Å². The molecule has 0 unspecified atom stereocenters. The van der Waals surface area contributed by atoms with Crippen molar-refractivity contribution >= 4 is 11.8 Å². The van der Waals surface area contributed by atoms with E-state index in [9.17, 15) is 0 Å². The molecule has 0 aromatic carbocycles. The molecule has 4 nitrogen and oxygen atoms in total. The number of hydrogen-bond donors (Lipinski definition) is 1. The minimum Gasteiger partial charge on any atom is -0.381 e. The van der Waals surface area contributed by atoms with Crippen LogP contribution >= 0.6 is 11.8 Å². The standard InChI is InChI=1S/C11H17N3OS/c12-4-1-9-7-13-11(14-8-9)16-10-2-5-15-6-3-10/h7-8,10H,1-6,12H2. The molecule has 1 aromatic rings. The van der Waals surface area contributed by atoms with Crippen LogP contribution in [0.4, 0.5) is 0 Å². The molecule has 2 rings (SSSR count). The van der Waals surface area contributed by atoms with E-state index in [0.29, 0.717) is 11.8 Å². The molecule has 1 aromatic heterocycles. The molecule has 5 heteroatoms. The molecular weight excluding hydrogens is 222 g/mol. The van der Waals surface area contributed by atoms with Gasteiger partial charge in [-0.15, -0.1) is 0 Å². The zero-order chi connectivity index (χ0) is 11.2. The number of ether oxygens (including phenoxy) is 1. The Kier molecular flexibility index (Phi) is 4.56. The number of aromatic nitrogens is 2. The maximum atomic E-state index is 5.47. The molecule has 1 aliphatic rings. The summed E-state index contributed by atoms with van der Waals surface area (Å²) in [5.74, 6) is 0. The summed E-state index contributed by atoms with van der Waals surface area (Å²) in [5, 5.41) is 1.47. The topological polar surface area (TPSA) is 61.0 Å². The Labute approximate surface area is 100.0 Å². The van der Waals surface area contributed by atoms with Crippen LogP contribution < -0.4 is 5.73 Å². The van der Waals surface area contributed by atoms with Crippen LogP contribution in [0.2, 0.25) is 0 Å². The van der Waals surface area contributed by atoms with Crippen LogP contribution in [0.1, 0.15) is 18.4 Å². The van der Waals surface area contributed by atoms with E-state index >= 15 is 0 Å². The van der Waals surface area contributed by atoms with Crippen molar-refractivity contribution in [2.45, 2.75) is 29.7 Å². The van der Waals surface area contributed by atoms with E-state index < -0.39 is 0 Å². The highest BCUT2D eigenvalue weighted by molar-refractivity contribution is 7.99. The summed E-state index contributed by atoms with van der Waals surface area (Å²) in [4.78, 5) is 8.69. The first-order chi connectivity index (χ1) is 7.88. The third-order valence-corrected chi connectivity index (χ3v) is 3.78. The average molecular weight is 239 g/mol. The summed E-state index contributed by atoms with van der Waals surface area (Å²) in [6.07, 6.45) is 6.79. The predicted molar refractivity (Wildman–Crippen MR) is 64.5 cm³/mol. The second-order valence-electron chi connectivity index (χ2n) is 3.84. The average Bonchev–Trinajstić information content (AvgIpc) is 2.33. The van der Waals surface area contributed by atoms with Gasteiger partial charge in [0.05, 0.1) is 0 Å². The Bertz CT molecular complexity index is 312. The van der Waals surface area contributed by atoms with Crippen molar-refractivity contribution < 1.29 is 4.74 Å². The Morgan fingerprint density at radius 1 is 1.31 bits per heavy atom. The van der Waals surface area contributed by atoms with E-state index in [4.69, 9.17) is 10.5 Å². The molecule has 0 amide bonds. The van der Waals surface area contributed by atoms with Gasteiger partial charge in [-0.3, -0.25) is 0 Å². The van der Waals surface area contributed by atoms with Gasteiger partial charge in [0.1, 0.15) is 0 Å². The molecule has 0 saturated carbocycles. The van der Waals surface area contributed by atoms with Gasteiger partial charge < -0.3 is 10.5 Å². The van der Waals surface area contributed by atoms with Gasteiger partial charge in [0.2, 0.25) is 0 Å². The lowest BCUT2D eigenvalue weighted by atomic mass is 10.2. The van der Waals surface area contributed by atoms with Crippen molar-refractivity contribution in [3.05, 3.63) is 18.0 Å². The van der Waals surface area contributed by atoms with Crippen molar-refractivity contribution in [2.24, 2.45) is 5.73 Å². The third kappa shape index (κ3) is 3.43. The largest absolute Gasteiger partial charge is 0.381 e. The van der Waals surface area contributed by atoms with Gasteiger partial charge in [0.25, 0.3) is 0 Å². The summed E-state index contributed by atoms with van der Waals surface area (Å²) >= 11 is 1.76. The molecule has 2 heterocycles. The van der Waals surface area contributed by atoms with Gasteiger partial charge in [-0.25, -0.2) is 9.97 Å². The van der Waals surface area contributed by atoms with E-state index in [1.165, 1.54) is 0 Å². The molecule has 0 atom stereocenters. The maximum Gasteiger partial charge on any atom is 0.187 e. The van der Waals surface area contributed by atoms with Crippen LogP contribution in [0.5, 0.6) is 0 Å². The lowest BCUT2D eigenvalue weighted by Gasteiger charge is -2.20. The van der Waals surface area contributed by atoms with Crippen molar-refractivity contribution in [2.75, 3.05) is 19.8 Å². The van der Waals surface area contributed by atoms with Crippen LogP contribution in [0.25, 0.3) is 0 Å². The quantitative estimate of drug-likeness (QED) is 0.801. The highest BCUT2D eigenvalue weighted by Gasteiger charge is 2.16. The summed E-state index contributed by atoms with van der Waals surface area (Å²) in [5.41, 5.74) is 6.58. The predicted octanol–water partition coefficient (Wildman–Crippen LogP) is 1.25. The Balaban J connectivity index is 1.88. The molecule has 88 valence electrons. The van der Waals surface area contributed by atoms with E-state index in [1.807, 2.05) is 12.4 Å². The van der Waals surface area contributed by atoms with Crippen molar-refractivity contribution in [3.8, 4) is 0 Å². The van der Waals surface area contributed by atoms with Crippen molar-refractivity contribution in [3.63, 3.8) is 0 Å². The molecule has 0 bridgehead atoms. The number of rotatable bonds is 4. The molecule has 1 fully saturated rings. The highest BCUT2D eigenvalue weighted by atomic mass is 32.2. The van der Waals surface area contributed by atoms with Crippen LogP contribution in [0.3, 0.4) is 0 Å². The van der Waals surface area contributed by atoms with E-state index in [1.54, 1.807) is 11.8 Å². The third-order valence-electron chi connectivity index (χ3n) is 2.56. The van der Waals surface area contributed by atoms with Gasteiger partial charge in [0.15, 0.2) is 5.16 Å². The zero-order valence-corrected chi connectivity index (χ0v) is 10.1. The summed E-state index contributed by atoms with van der Waals surface area (Å²) in [6, 6.07) is 0. The van der Waals surface area contributed by atoms with Crippen molar-refractivity contribution in [1.29, 1.82) is 0 Å². The fourth-order valence-electron chi connectivity index (χ4n) is 1.64. The lowest BCUT2D eigenvalue weighted by Crippen LogP contribution is -2.17. The van der Waals surface area contributed by atoms with Gasteiger partial charge >= 0.3 is 0 Å². The summed E-state index contributed by atoms with van der Waals surface area (Å²) < 4.78 is 5.32. The first kappa shape index (κ1) is 11.8. The van der Waals surface area contributed by atoms with Crippen LogP contribution in [-0.4, -0.2) is 35.0 Å². The Hall–Kier alpha value is -0.650. The highest BCUT2D eigenvalue weighted by Crippen LogP contribution is 2.26. The summed E-state index contributed by atoms with van der Waals surface area (Å²) in [7, 11) is 0. The molecule has 16 heavy (non-hydrogen) atoms. The second kappa shape index (κ2) is 6.18. The van der Waals surface area contributed by atoms with Gasteiger partial charge in [0, 0.05) is 30.9 Å². The molecule has 0 spiro atoms. The van der Waals surface area contributed by atoms with Crippen LogP contribution in [0.15, 0.2) is 17.6 Å². The maximum absolute atomic E-state index is 5.47. The van der Waals surface area contributed by atoms with Gasteiger partial charge in [-0.05, 0) is 31.4 Å².